The molecule has 0 atom stereocenters. The normalized spacial score (nSPS) is 15.9. The predicted molar refractivity (Wildman–Crippen MR) is 108 cm³/mol. The molecule has 2 N–H and O–H groups in total. The number of nitrogens with zero attached hydrogens (tertiary/aromatic N) is 3. The van der Waals surface area contributed by atoms with Gasteiger partial charge >= 0.3 is 0 Å². The van der Waals surface area contributed by atoms with Gasteiger partial charge in [-0.25, -0.2) is 0 Å². The SMILES string of the molecule is CC(C)(C)NC(=O)CN1CCN(CC(=O)Nc2ccc(Cl)cc2[N+](=O)[O-])CC1. The lowest BCUT2D eigenvalue weighted by molar-refractivity contribution is -0.383. The molecule has 1 aromatic carbocycles. The van der Waals surface area contributed by atoms with Gasteiger partial charge in [0.25, 0.3) is 5.69 Å². The largest absolute Gasteiger partial charge is 0.350 e. The molecule has 0 saturated carbocycles. The second-order valence-electron chi connectivity index (χ2n) is 7.82. The summed E-state index contributed by atoms with van der Waals surface area (Å²) in [6, 6.07) is 4.12. The number of anilines is 1. The maximum Gasteiger partial charge on any atom is 0.294 e. The number of nitro groups is 1. The maximum absolute atomic E-state index is 12.3. The van der Waals surface area contributed by atoms with Gasteiger partial charge in [0.15, 0.2) is 0 Å². The van der Waals surface area contributed by atoms with Crippen molar-refractivity contribution >= 4 is 34.8 Å². The number of hydrogen-bond donors (Lipinski definition) is 2. The number of benzene rings is 1. The molecule has 1 aliphatic rings. The number of amides is 2. The molecule has 1 aliphatic heterocycles. The number of piperazine rings is 1. The lowest BCUT2D eigenvalue weighted by Crippen LogP contribution is -2.52. The average molecular weight is 412 g/mol. The van der Waals surface area contributed by atoms with Crippen LogP contribution in [0.15, 0.2) is 18.2 Å². The topological polar surface area (TPSA) is 108 Å². The van der Waals surface area contributed by atoms with Gasteiger partial charge in [-0.1, -0.05) is 11.6 Å². The number of carbonyl (C=O) groups excluding carboxylic acids is 2. The molecular formula is C18H26ClN5O4. The minimum atomic E-state index is -0.580. The molecule has 1 heterocycles. The van der Waals surface area contributed by atoms with E-state index in [1.165, 1.54) is 18.2 Å². The first-order valence-electron chi connectivity index (χ1n) is 9.03. The van der Waals surface area contributed by atoms with E-state index in [0.29, 0.717) is 32.7 Å². The van der Waals surface area contributed by atoms with Crippen LogP contribution < -0.4 is 10.6 Å². The van der Waals surface area contributed by atoms with E-state index in [4.69, 9.17) is 11.6 Å². The fraction of sp³-hybridized carbons (Fsp3) is 0.556. The monoisotopic (exact) mass is 411 g/mol. The summed E-state index contributed by atoms with van der Waals surface area (Å²) in [5, 5.41) is 16.8. The number of rotatable bonds is 6. The number of halogens is 1. The van der Waals surface area contributed by atoms with Crippen LogP contribution in [0.2, 0.25) is 5.02 Å². The zero-order valence-electron chi connectivity index (χ0n) is 16.3. The van der Waals surface area contributed by atoms with Crippen molar-refractivity contribution in [2.45, 2.75) is 26.3 Å². The Morgan fingerprint density at radius 2 is 1.64 bits per heavy atom. The van der Waals surface area contributed by atoms with Crippen LogP contribution in [0, 0.1) is 10.1 Å². The number of carbonyl (C=O) groups is 2. The minimum Gasteiger partial charge on any atom is -0.350 e. The van der Waals surface area contributed by atoms with Crippen molar-refractivity contribution in [3.8, 4) is 0 Å². The summed E-state index contributed by atoms with van der Waals surface area (Å²) in [6.45, 7) is 8.89. The molecular weight excluding hydrogens is 386 g/mol. The molecule has 0 spiro atoms. The lowest BCUT2D eigenvalue weighted by atomic mass is 10.1. The van der Waals surface area contributed by atoms with Crippen LogP contribution in [0.3, 0.4) is 0 Å². The van der Waals surface area contributed by atoms with Crippen LogP contribution in [0.5, 0.6) is 0 Å². The van der Waals surface area contributed by atoms with Crippen molar-refractivity contribution in [2.75, 3.05) is 44.6 Å². The Balaban J connectivity index is 1.81. The summed E-state index contributed by atoms with van der Waals surface area (Å²) in [6.07, 6.45) is 0. The minimum absolute atomic E-state index is 0.0197. The molecule has 0 radical (unpaired) electrons. The molecule has 154 valence electrons. The van der Waals surface area contributed by atoms with Crippen LogP contribution in [0.1, 0.15) is 20.8 Å². The Bertz CT molecular complexity index is 742. The van der Waals surface area contributed by atoms with Gasteiger partial charge in [-0.05, 0) is 32.9 Å². The number of nitrogens with one attached hydrogen (secondary N) is 2. The quantitative estimate of drug-likeness (QED) is 0.545. The van der Waals surface area contributed by atoms with E-state index in [0.717, 1.165) is 0 Å². The first-order chi connectivity index (χ1) is 13.0. The molecule has 2 amide bonds. The standard InChI is InChI=1S/C18H26ClN5O4/c1-18(2,3)21-17(26)12-23-8-6-22(7-9-23)11-16(25)20-14-5-4-13(19)10-15(14)24(27)28/h4-5,10H,6-9,11-12H2,1-3H3,(H,20,25)(H,21,26). The number of nitro benzene ring substituents is 1. The third-order valence-electron chi connectivity index (χ3n) is 4.14. The van der Waals surface area contributed by atoms with Crippen molar-refractivity contribution in [3.05, 3.63) is 33.3 Å². The van der Waals surface area contributed by atoms with E-state index in [2.05, 4.69) is 10.6 Å². The summed E-state index contributed by atoms with van der Waals surface area (Å²) in [4.78, 5) is 38.8. The molecule has 0 aromatic heterocycles. The molecule has 9 nitrogen and oxygen atoms in total. The summed E-state index contributed by atoms with van der Waals surface area (Å²) < 4.78 is 0. The van der Waals surface area contributed by atoms with Crippen LogP contribution in [-0.4, -0.2) is 71.3 Å². The van der Waals surface area contributed by atoms with E-state index >= 15 is 0 Å². The van der Waals surface area contributed by atoms with E-state index in [-0.39, 0.29) is 40.3 Å². The first kappa shape index (κ1) is 22.1. The van der Waals surface area contributed by atoms with Gasteiger partial charge < -0.3 is 10.6 Å². The smallest absolute Gasteiger partial charge is 0.294 e. The van der Waals surface area contributed by atoms with Crippen LogP contribution in [0.25, 0.3) is 0 Å². The zero-order valence-corrected chi connectivity index (χ0v) is 17.1. The van der Waals surface area contributed by atoms with Gasteiger partial charge in [-0.2, -0.15) is 0 Å². The van der Waals surface area contributed by atoms with Gasteiger partial charge in [-0.3, -0.25) is 29.5 Å². The van der Waals surface area contributed by atoms with Crippen LogP contribution in [0.4, 0.5) is 11.4 Å². The van der Waals surface area contributed by atoms with Gasteiger partial charge in [0.2, 0.25) is 11.8 Å². The molecule has 10 heteroatoms. The van der Waals surface area contributed by atoms with Crippen molar-refractivity contribution in [2.24, 2.45) is 0 Å². The summed E-state index contributed by atoms with van der Waals surface area (Å²) >= 11 is 5.78. The molecule has 1 aromatic rings. The third kappa shape index (κ3) is 7.06. The second-order valence-corrected chi connectivity index (χ2v) is 8.25. The molecule has 1 fully saturated rings. The van der Waals surface area contributed by atoms with E-state index < -0.39 is 4.92 Å². The highest BCUT2D eigenvalue weighted by Gasteiger charge is 2.23. The van der Waals surface area contributed by atoms with Gasteiger partial charge in [-0.15, -0.1) is 0 Å². The molecule has 0 unspecified atom stereocenters. The summed E-state index contributed by atoms with van der Waals surface area (Å²) in [5.74, 6) is -0.349. The van der Waals surface area contributed by atoms with Crippen molar-refractivity contribution in [3.63, 3.8) is 0 Å². The van der Waals surface area contributed by atoms with Crippen LogP contribution >= 0.6 is 11.6 Å². The Hall–Kier alpha value is -2.23. The molecule has 28 heavy (non-hydrogen) atoms. The zero-order chi connectivity index (χ0) is 20.9. The summed E-state index contributed by atoms with van der Waals surface area (Å²) in [5.41, 5.74) is -0.381. The van der Waals surface area contributed by atoms with E-state index in [1.54, 1.807) is 0 Å². The second kappa shape index (κ2) is 9.31. The van der Waals surface area contributed by atoms with Crippen molar-refractivity contribution in [1.82, 2.24) is 15.1 Å². The van der Waals surface area contributed by atoms with Gasteiger partial charge in [0, 0.05) is 42.8 Å². The summed E-state index contributed by atoms with van der Waals surface area (Å²) in [7, 11) is 0. The highest BCUT2D eigenvalue weighted by molar-refractivity contribution is 6.31. The Morgan fingerprint density at radius 3 is 2.14 bits per heavy atom. The van der Waals surface area contributed by atoms with Crippen molar-refractivity contribution in [1.29, 1.82) is 0 Å². The molecule has 0 bridgehead atoms. The van der Waals surface area contributed by atoms with E-state index in [1.807, 2.05) is 30.6 Å². The third-order valence-corrected chi connectivity index (χ3v) is 4.38. The highest BCUT2D eigenvalue weighted by Crippen LogP contribution is 2.27. The Labute approximate surface area is 169 Å². The lowest BCUT2D eigenvalue weighted by Gasteiger charge is -2.34. The average Bonchev–Trinajstić information content (AvgIpc) is 2.56. The molecule has 1 saturated heterocycles. The fourth-order valence-corrected chi connectivity index (χ4v) is 3.09. The van der Waals surface area contributed by atoms with Gasteiger partial charge in [0.05, 0.1) is 18.0 Å². The highest BCUT2D eigenvalue weighted by atomic mass is 35.5. The maximum atomic E-state index is 12.3. The number of hydrogen-bond acceptors (Lipinski definition) is 6. The van der Waals surface area contributed by atoms with E-state index in [9.17, 15) is 19.7 Å². The predicted octanol–water partition coefficient (Wildman–Crippen LogP) is 1.72. The first-order valence-corrected chi connectivity index (χ1v) is 9.41. The fourth-order valence-electron chi connectivity index (χ4n) is 2.92. The van der Waals surface area contributed by atoms with Crippen molar-refractivity contribution < 1.29 is 14.5 Å². The molecule has 2 rings (SSSR count). The molecule has 0 aliphatic carbocycles. The van der Waals surface area contributed by atoms with Crippen LogP contribution in [-0.2, 0) is 9.59 Å². The Kier molecular flexibility index (Phi) is 7.34. The Morgan fingerprint density at radius 1 is 1.11 bits per heavy atom. The van der Waals surface area contributed by atoms with Gasteiger partial charge in [0.1, 0.15) is 5.69 Å².